The van der Waals surface area contributed by atoms with E-state index in [1.807, 2.05) is 0 Å². The molecule has 0 fully saturated rings. The summed E-state index contributed by atoms with van der Waals surface area (Å²) in [5, 5.41) is 0. The number of rotatable bonds is 6. The Bertz CT molecular complexity index is 391. The van der Waals surface area contributed by atoms with Crippen molar-refractivity contribution in [3.8, 4) is 5.75 Å². The van der Waals surface area contributed by atoms with Crippen LogP contribution in [-0.2, 0) is 6.42 Å². The minimum Gasteiger partial charge on any atom is -0.496 e. The Balaban J connectivity index is 2.61. The van der Waals surface area contributed by atoms with E-state index in [0.29, 0.717) is 0 Å². The fourth-order valence-electron chi connectivity index (χ4n) is 2.42. The quantitative estimate of drug-likeness (QED) is 0.779. The van der Waals surface area contributed by atoms with Gasteiger partial charge in [0.1, 0.15) is 5.75 Å². The standard InChI is InChI=1S/C16H27NO/c1-12-10-13(2)15(18-5)14(11-12)8-6-7-9-16(3,4)17/h10-11H,6-9,17H2,1-5H3. The number of ether oxygens (including phenoxy) is 1. The Morgan fingerprint density at radius 2 is 1.83 bits per heavy atom. The second kappa shape index (κ2) is 6.24. The lowest BCUT2D eigenvalue weighted by molar-refractivity contribution is 0.404. The summed E-state index contributed by atoms with van der Waals surface area (Å²) in [6.07, 6.45) is 4.47. The van der Waals surface area contributed by atoms with Crippen LogP contribution in [0.15, 0.2) is 12.1 Å². The highest BCUT2D eigenvalue weighted by Crippen LogP contribution is 2.26. The first-order valence-electron chi connectivity index (χ1n) is 6.76. The highest BCUT2D eigenvalue weighted by Gasteiger charge is 2.11. The largest absolute Gasteiger partial charge is 0.496 e. The molecule has 1 rings (SSSR count). The molecule has 0 radical (unpaired) electrons. The molecule has 2 N–H and O–H groups in total. The highest BCUT2D eigenvalue weighted by molar-refractivity contribution is 5.43. The second-order valence-corrected chi connectivity index (χ2v) is 5.97. The molecular formula is C16H27NO. The van der Waals surface area contributed by atoms with Gasteiger partial charge < -0.3 is 10.5 Å². The van der Waals surface area contributed by atoms with Gasteiger partial charge in [-0.1, -0.05) is 24.1 Å². The first-order valence-corrected chi connectivity index (χ1v) is 6.76. The van der Waals surface area contributed by atoms with Crippen molar-refractivity contribution in [1.29, 1.82) is 0 Å². The molecule has 102 valence electrons. The maximum absolute atomic E-state index is 5.99. The smallest absolute Gasteiger partial charge is 0.124 e. The van der Waals surface area contributed by atoms with Gasteiger partial charge in [-0.05, 0) is 58.1 Å². The summed E-state index contributed by atoms with van der Waals surface area (Å²) in [5.74, 6) is 1.05. The van der Waals surface area contributed by atoms with E-state index in [0.717, 1.165) is 18.6 Å². The summed E-state index contributed by atoms with van der Waals surface area (Å²) in [4.78, 5) is 0. The van der Waals surface area contributed by atoms with Gasteiger partial charge >= 0.3 is 0 Å². The molecule has 0 heterocycles. The van der Waals surface area contributed by atoms with Crippen LogP contribution in [0.5, 0.6) is 5.75 Å². The Morgan fingerprint density at radius 1 is 1.17 bits per heavy atom. The number of hydrogen-bond donors (Lipinski definition) is 1. The van der Waals surface area contributed by atoms with Crippen LogP contribution >= 0.6 is 0 Å². The van der Waals surface area contributed by atoms with Crippen LogP contribution in [0.4, 0.5) is 0 Å². The highest BCUT2D eigenvalue weighted by atomic mass is 16.5. The fourth-order valence-corrected chi connectivity index (χ4v) is 2.42. The zero-order chi connectivity index (χ0) is 13.8. The molecule has 0 atom stereocenters. The van der Waals surface area contributed by atoms with Gasteiger partial charge in [-0.2, -0.15) is 0 Å². The molecule has 1 aromatic carbocycles. The van der Waals surface area contributed by atoms with E-state index in [-0.39, 0.29) is 5.54 Å². The van der Waals surface area contributed by atoms with Crippen LogP contribution in [0.25, 0.3) is 0 Å². The van der Waals surface area contributed by atoms with Gasteiger partial charge in [0.15, 0.2) is 0 Å². The molecule has 0 bridgehead atoms. The lowest BCUT2D eigenvalue weighted by Crippen LogP contribution is -2.31. The van der Waals surface area contributed by atoms with E-state index < -0.39 is 0 Å². The monoisotopic (exact) mass is 249 g/mol. The first kappa shape index (κ1) is 15.0. The van der Waals surface area contributed by atoms with Crippen molar-refractivity contribution in [3.63, 3.8) is 0 Å². The maximum Gasteiger partial charge on any atom is 0.124 e. The Hall–Kier alpha value is -1.02. The van der Waals surface area contributed by atoms with Crippen LogP contribution in [0.1, 0.15) is 49.8 Å². The van der Waals surface area contributed by atoms with Gasteiger partial charge in [-0.25, -0.2) is 0 Å². The van der Waals surface area contributed by atoms with Crippen LogP contribution in [0.3, 0.4) is 0 Å². The molecule has 1 aromatic rings. The summed E-state index contributed by atoms with van der Waals surface area (Å²) < 4.78 is 5.50. The third kappa shape index (κ3) is 4.69. The average Bonchev–Trinajstić information content (AvgIpc) is 2.22. The third-order valence-corrected chi connectivity index (χ3v) is 3.22. The van der Waals surface area contributed by atoms with Gasteiger partial charge in [-0.3, -0.25) is 0 Å². The summed E-state index contributed by atoms with van der Waals surface area (Å²) in [6, 6.07) is 4.41. The SMILES string of the molecule is COc1c(C)cc(C)cc1CCCCC(C)(C)N. The molecular weight excluding hydrogens is 222 g/mol. The van der Waals surface area contributed by atoms with Crippen LogP contribution in [0.2, 0.25) is 0 Å². The zero-order valence-electron chi connectivity index (χ0n) is 12.5. The molecule has 0 unspecified atom stereocenters. The average molecular weight is 249 g/mol. The third-order valence-electron chi connectivity index (χ3n) is 3.22. The molecule has 0 aromatic heterocycles. The topological polar surface area (TPSA) is 35.2 Å². The number of nitrogens with two attached hydrogens (primary N) is 1. The summed E-state index contributed by atoms with van der Waals surface area (Å²) in [7, 11) is 1.75. The van der Waals surface area contributed by atoms with E-state index in [9.17, 15) is 0 Å². The van der Waals surface area contributed by atoms with Crippen molar-refractivity contribution in [2.75, 3.05) is 7.11 Å². The lowest BCUT2D eigenvalue weighted by atomic mass is 9.95. The van der Waals surface area contributed by atoms with E-state index in [1.54, 1.807) is 7.11 Å². The molecule has 0 aliphatic heterocycles. The second-order valence-electron chi connectivity index (χ2n) is 5.97. The number of benzene rings is 1. The molecule has 2 nitrogen and oxygen atoms in total. The number of aryl methyl sites for hydroxylation is 3. The van der Waals surface area contributed by atoms with E-state index in [4.69, 9.17) is 10.5 Å². The molecule has 0 saturated heterocycles. The summed E-state index contributed by atoms with van der Waals surface area (Å²) >= 11 is 0. The molecule has 0 aliphatic rings. The van der Waals surface area contributed by atoms with E-state index in [1.165, 1.54) is 29.5 Å². The van der Waals surface area contributed by atoms with Crippen LogP contribution < -0.4 is 10.5 Å². The molecule has 18 heavy (non-hydrogen) atoms. The first-order chi connectivity index (χ1) is 8.33. The van der Waals surface area contributed by atoms with E-state index in [2.05, 4.69) is 39.8 Å². The van der Waals surface area contributed by atoms with E-state index >= 15 is 0 Å². The van der Waals surface area contributed by atoms with Crippen molar-refractivity contribution in [2.24, 2.45) is 5.73 Å². The van der Waals surface area contributed by atoms with Crippen molar-refractivity contribution < 1.29 is 4.74 Å². The minimum absolute atomic E-state index is 0.0490. The van der Waals surface area contributed by atoms with Gasteiger partial charge in [0.2, 0.25) is 0 Å². The predicted octanol–water partition coefficient (Wildman–Crippen LogP) is 3.76. The Kier molecular flexibility index (Phi) is 5.21. The van der Waals surface area contributed by atoms with Crippen molar-refractivity contribution in [3.05, 3.63) is 28.8 Å². The predicted molar refractivity (Wildman–Crippen MR) is 78.3 cm³/mol. The molecule has 0 saturated carbocycles. The zero-order valence-corrected chi connectivity index (χ0v) is 12.5. The molecule has 2 heteroatoms. The van der Waals surface area contributed by atoms with Crippen LogP contribution in [0, 0.1) is 13.8 Å². The van der Waals surface area contributed by atoms with Crippen molar-refractivity contribution in [1.82, 2.24) is 0 Å². The lowest BCUT2D eigenvalue weighted by Gasteiger charge is -2.18. The van der Waals surface area contributed by atoms with Gasteiger partial charge in [0.05, 0.1) is 7.11 Å². The summed E-state index contributed by atoms with van der Waals surface area (Å²) in [6.45, 7) is 8.42. The number of methoxy groups -OCH3 is 1. The minimum atomic E-state index is -0.0490. The molecule has 0 aliphatic carbocycles. The summed E-state index contributed by atoms with van der Waals surface area (Å²) in [5.41, 5.74) is 9.81. The van der Waals surface area contributed by atoms with Gasteiger partial charge in [0, 0.05) is 5.54 Å². The normalized spacial score (nSPS) is 11.7. The molecule has 0 spiro atoms. The Labute approximate surface area is 112 Å². The fraction of sp³-hybridized carbons (Fsp3) is 0.625. The Morgan fingerprint density at radius 3 is 2.39 bits per heavy atom. The van der Waals surface area contributed by atoms with Crippen molar-refractivity contribution >= 4 is 0 Å². The molecule has 0 amide bonds. The van der Waals surface area contributed by atoms with Crippen molar-refractivity contribution in [2.45, 2.75) is 58.9 Å². The number of hydrogen-bond acceptors (Lipinski definition) is 2. The maximum atomic E-state index is 5.99. The van der Waals surface area contributed by atoms with Crippen LogP contribution in [-0.4, -0.2) is 12.6 Å². The number of unbranched alkanes of at least 4 members (excludes halogenated alkanes) is 1. The van der Waals surface area contributed by atoms with Gasteiger partial charge in [-0.15, -0.1) is 0 Å². The van der Waals surface area contributed by atoms with Gasteiger partial charge in [0.25, 0.3) is 0 Å².